The molecule has 0 N–H and O–H groups in total. The van der Waals surface area contributed by atoms with Crippen molar-refractivity contribution in [1.29, 1.82) is 0 Å². The first-order valence-electron chi connectivity index (χ1n) is 18.3. The molecule has 0 spiro atoms. The van der Waals surface area contributed by atoms with E-state index in [9.17, 15) is 0 Å². The van der Waals surface area contributed by atoms with Crippen LogP contribution in [0, 0.1) is 5.41 Å². The third-order valence-electron chi connectivity index (χ3n) is 10.6. The van der Waals surface area contributed by atoms with E-state index in [1.165, 1.54) is 28.0 Å². The molecule has 0 saturated carbocycles. The summed E-state index contributed by atoms with van der Waals surface area (Å²) in [5.41, 5.74) is 15.4. The molecule has 2 heteroatoms. The number of anilines is 4. The number of benzene rings is 4. The van der Waals surface area contributed by atoms with Crippen molar-refractivity contribution in [2.45, 2.75) is 80.1 Å². The van der Waals surface area contributed by atoms with Gasteiger partial charge in [-0.1, -0.05) is 107 Å². The molecule has 1 unspecified atom stereocenters. The molecule has 0 fully saturated rings. The van der Waals surface area contributed by atoms with Crippen molar-refractivity contribution in [2.75, 3.05) is 9.80 Å². The lowest BCUT2D eigenvalue weighted by Gasteiger charge is -2.30. The van der Waals surface area contributed by atoms with Gasteiger partial charge in [-0.05, 0) is 152 Å². The number of fused-ring (bicyclic) bond motifs is 1. The molecule has 1 aliphatic rings. The zero-order chi connectivity index (χ0) is 36.9. The van der Waals surface area contributed by atoms with Crippen LogP contribution in [-0.2, 0) is 5.41 Å². The smallest absolute Gasteiger partial charge is 0.0464 e. The number of hydrogen-bond donors (Lipinski definition) is 0. The normalized spacial score (nSPS) is 16.7. The van der Waals surface area contributed by atoms with Crippen molar-refractivity contribution in [2.24, 2.45) is 5.41 Å². The molecule has 0 heterocycles. The molecule has 262 valence electrons. The van der Waals surface area contributed by atoms with Gasteiger partial charge >= 0.3 is 0 Å². The van der Waals surface area contributed by atoms with Crippen LogP contribution in [0.5, 0.6) is 0 Å². The van der Waals surface area contributed by atoms with Crippen LogP contribution < -0.4 is 9.80 Å². The number of para-hydroxylation sites is 1. The summed E-state index contributed by atoms with van der Waals surface area (Å²) >= 11 is 0. The average Bonchev–Trinajstić information content (AvgIpc) is 3.40. The Kier molecular flexibility index (Phi) is 11.3. The molecule has 0 bridgehead atoms. The summed E-state index contributed by atoms with van der Waals surface area (Å²) in [5, 5.41) is 0. The monoisotopic (exact) mass is 672 g/mol. The maximum atomic E-state index is 4.45. The van der Waals surface area contributed by atoms with Crippen molar-refractivity contribution in [3.63, 3.8) is 0 Å². The fourth-order valence-corrected chi connectivity index (χ4v) is 7.51. The fraction of sp³-hybridized carbons (Fsp3) is 0.265. The molecule has 5 rings (SSSR count). The van der Waals surface area contributed by atoms with Gasteiger partial charge in [0.1, 0.15) is 0 Å². The highest BCUT2D eigenvalue weighted by Gasteiger charge is 2.36. The van der Waals surface area contributed by atoms with Gasteiger partial charge in [0.25, 0.3) is 0 Å². The maximum absolute atomic E-state index is 4.45. The highest BCUT2D eigenvalue weighted by Crippen LogP contribution is 2.49. The van der Waals surface area contributed by atoms with E-state index in [0.29, 0.717) is 0 Å². The van der Waals surface area contributed by atoms with Gasteiger partial charge in [0.05, 0.1) is 0 Å². The van der Waals surface area contributed by atoms with Crippen LogP contribution in [0.1, 0.15) is 85.8 Å². The second-order valence-electron chi connectivity index (χ2n) is 15.1. The lowest BCUT2D eigenvalue weighted by molar-refractivity contribution is 0.454. The number of hydrogen-bond acceptors (Lipinski definition) is 2. The highest BCUT2D eigenvalue weighted by molar-refractivity contribution is 5.83. The van der Waals surface area contributed by atoms with Crippen LogP contribution in [0.3, 0.4) is 0 Å². The average molecular weight is 673 g/mol. The van der Waals surface area contributed by atoms with Crippen LogP contribution in [0.25, 0.3) is 16.7 Å². The van der Waals surface area contributed by atoms with Gasteiger partial charge in [-0.3, -0.25) is 0 Å². The van der Waals surface area contributed by atoms with E-state index in [1.807, 2.05) is 19.1 Å². The summed E-state index contributed by atoms with van der Waals surface area (Å²) in [6, 6.07) is 35.4. The van der Waals surface area contributed by atoms with Crippen LogP contribution in [0.2, 0.25) is 0 Å². The molecule has 1 aliphatic carbocycles. The minimum atomic E-state index is -0.0840. The quantitative estimate of drug-likeness (QED) is 0.103. The van der Waals surface area contributed by atoms with Crippen LogP contribution in [0.15, 0.2) is 164 Å². The van der Waals surface area contributed by atoms with Crippen molar-refractivity contribution in [3.05, 3.63) is 175 Å². The van der Waals surface area contributed by atoms with Gasteiger partial charge in [-0.2, -0.15) is 0 Å². The van der Waals surface area contributed by atoms with E-state index in [2.05, 4.69) is 187 Å². The van der Waals surface area contributed by atoms with E-state index in [0.717, 1.165) is 64.4 Å². The molecule has 1 atom stereocenters. The van der Waals surface area contributed by atoms with Gasteiger partial charge in [-0.15, -0.1) is 6.58 Å². The van der Waals surface area contributed by atoms with Crippen LogP contribution in [-0.4, -0.2) is 0 Å². The van der Waals surface area contributed by atoms with Gasteiger partial charge in [0.15, 0.2) is 0 Å². The predicted octanol–water partition coefficient (Wildman–Crippen LogP) is 14.6. The Labute approximate surface area is 308 Å². The number of rotatable bonds is 13. The standard InChI is InChI=1S/C49H56N2/c1-12-18-37(7)50(38(8)31-36(6)48(9,10)33-35(4)5)43-25-21-40(22-26-43)41-23-27-44(28-24-41)51(42-19-16-15-17-20-42)45-29-30-46-39(13-2)34-49(11,14-3)47(46)32-45/h12-13,15-32H,4,6-7,14,33-34H2,1-3,5,8-11H3/b18-12-,38-31+,39-13+. The van der Waals surface area contributed by atoms with Crippen LogP contribution in [0.4, 0.5) is 22.7 Å². The van der Waals surface area contributed by atoms with Crippen molar-refractivity contribution < 1.29 is 0 Å². The Bertz CT molecular complexity index is 1980. The molecular weight excluding hydrogens is 617 g/mol. The molecule has 4 aromatic carbocycles. The molecular formula is C49H56N2. The van der Waals surface area contributed by atoms with Crippen molar-refractivity contribution in [1.82, 2.24) is 0 Å². The zero-order valence-electron chi connectivity index (χ0n) is 32.2. The molecule has 0 saturated heterocycles. The maximum Gasteiger partial charge on any atom is 0.0464 e. The summed E-state index contributed by atoms with van der Waals surface area (Å²) in [7, 11) is 0. The topological polar surface area (TPSA) is 6.48 Å². The Morgan fingerprint density at radius 2 is 1.35 bits per heavy atom. The molecule has 4 aromatic rings. The zero-order valence-corrected chi connectivity index (χ0v) is 32.2. The Balaban J connectivity index is 1.47. The minimum Gasteiger partial charge on any atom is -0.315 e. The second kappa shape index (κ2) is 15.4. The Morgan fingerprint density at radius 1 is 0.784 bits per heavy atom. The predicted molar refractivity (Wildman–Crippen MR) is 225 cm³/mol. The van der Waals surface area contributed by atoms with Crippen molar-refractivity contribution >= 4 is 28.3 Å². The summed E-state index contributed by atoms with van der Waals surface area (Å²) in [6.45, 7) is 30.6. The lowest BCUT2D eigenvalue weighted by Crippen LogP contribution is -2.20. The highest BCUT2D eigenvalue weighted by atomic mass is 15.1. The van der Waals surface area contributed by atoms with Gasteiger partial charge in [-0.25, -0.2) is 0 Å². The van der Waals surface area contributed by atoms with E-state index in [-0.39, 0.29) is 10.8 Å². The molecule has 51 heavy (non-hydrogen) atoms. The molecule has 0 aromatic heterocycles. The third kappa shape index (κ3) is 7.97. The summed E-state index contributed by atoms with van der Waals surface area (Å²) in [5.74, 6) is 0. The van der Waals surface area contributed by atoms with Crippen LogP contribution >= 0.6 is 0 Å². The third-order valence-corrected chi connectivity index (χ3v) is 10.6. The summed E-state index contributed by atoms with van der Waals surface area (Å²) in [6.07, 6.45) is 11.7. The minimum absolute atomic E-state index is 0.0840. The molecule has 0 radical (unpaired) electrons. The first-order valence-corrected chi connectivity index (χ1v) is 18.3. The largest absolute Gasteiger partial charge is 0.315 e. The van der Waals surface area contributed by atoms with E-state index in [1.54, 1.807) is 0 Å². The summed E-state index contributed by atoms with van der Waals surface area (Å²) < 4.78 is 0. The van der Waals surface area contributed by atoms with E-state index < -0.39 is 0 Å². The second-order valence-corrected chi connectivity index (χ2v) is 15.1. The lowest BCUT2D eigenvalue weighted by atomic mass is 9.79. The summed E-state index contributed by atoms with van der Waals surface area (Å²) in [4.78, 5) is 4.58. The van der Waals surface area contributed by atoms with E-state index in [4.69, 9.17) is 0 Å². The fourth-order valence-electron chi connectivity index (χ4n) is 7.51. The molecule has 0 aliphatic heterocycles. The Hall–Kier alpha value is -5.08. The molecule has 0 amide bonds. The number of allylic oxidation sites excluding steroid dienone is 8. The number of nitrogens with zero attached hydrogens (tertiary/aromatic N) is 2. The first kappa shape index (κ1) is 37.2. The SMILES string of the molecule is C=C(C)CC(C)(C)C(=C)/C=C(\C)N(C(=C)/C=C\C)c1ccc(-c2ccc(N(c3ccccc3)c3ccc4c(c3)C(C)(CC)C/C4=C\C)cc2)cc1. The van der Waals surface area contributed by atoms with E-state index >= 15 is 0 Å². The molecule has 2 nitrogen and oxygen atoms in total. The van der Waals surface area contributed by atoms with Gasteiger partial charge in [0.2, 0.25) is 0 Å². The van der Waals surface area contributed by atoms with Gasteiger partial charge < -0.3 is 9.80 Å². The first-order chi connectivity index (χ1) is 24.3. The van der Waals surface area contributed by atoms with Crippen molar-refractivity contribution in [3.8, 4) is 11.1 Å². The van der Waals surface area contributed by atoms with Gasteiger partial charge in [0, 0.05) is 34.1 Å². The Morgan fingerprint density at radius 3 is 1.90 bits per heavy atom.